The summed E-state index contributed by atoms with van der Waals surface area (Å²) in [5.74, 6) is 0.591. The van der Waals surface area contributed by atoms with Crippen LogP contribution in [0.4, 0.5) is 0 Å². The highest BCUT2D eigenvalue weighted by atomic mass is 32.1. The highest BCUT2D eigenvalue weighted by molar-refractivity contribution is 7.17. The van der Waals surface area contributed by atoms with E-state index in [2.05, 4.69) is 26.3 Å². The standard InChI is InChI=1S/C23H24N4OS/c28-23(21-7-6-20(29-21)18-5-1-2-11-25-18)26-22-17-8-12-27(13-9-17)19(22)14-16-4-3-10-24-15-16/h1-7,10-11,15,17,19,22H,8-9,12-14H2,(H,26,28)/t19-,22+/m0/s1. The van der Waals surface area contributed by atoms with E-state index in [1.165, 1.54) is 16.9 Å². The van der Waals surface area contributed by atoms with Crippen molar-refractivity contribution in [1.82, 2.24) is 20.2 Å². The molecule has 0 spiro atoms. The second-order valence-corrected chi connectivity index (χ2v) is 8.97. The van der Waals surface area contributed by atoms with Crippen molar-refractivity contribution in [3.8, 4) is 10.6 Å². The zero-order valence-electron chi connectivity index (χ0n) is 16.2. The lowest BCUT2D eigenvalue weighted by Crippen LogP contribution is -2.64. The third kappa shape index (κ3) is 3.82. The van der Waals surface area contributed by atoms with Crippen molar-refractivity contribution in [2.45, 2.75) is 31.3 Å². The normalized spacial score (nSPS) is 25.7. The number of piperidine rings is 3. The van der Waals surface area contributed by atoms with Gasteiger partial charge in [0.25, 0.3) is 5.91 Å². The fourth-order valence-corrected chi connectivity index (χ4v) is 5.60. The second kappa shape index (κ2) is 8.05. The SMILES string of the molecule is O=C(N[C@@H]1C2CCN(CC2)[C@H]1Cc1cccnc1)c1ccc(-c2ccccn2)s1. The van der Waals surface area contributed by atoms with Crippen LogP contribution < -0.4 is 5.32 Å². The minimum atomic E-state index is 0.0344. The molecule has 2 atom stereocenters. The molecule has 3 aliphatic rings. The van der Waals surface area contributed by atoms with E-state index in [-0.39, 0.29) is 11.9 Å². The van der Waals surface area contributed by atoms with Gasteiger partial charge in [-0.2, -0.15) is 0 Å². The lowest BCUT2D eigenvalue weighted by molar-refractivity contribution is 0.0137. The number of amides is 1. The number of fused-ring (bicyclic) bond motifs is 3. The van der Waals surface area contributed by atoms with E-state index in [9.17, 15) is 4.79 Å². The molecule has 0 aromatic carbocycles. The minimum absolute atomic E-state index is 0.0344. The first-order valence-electron chi connectivity index (χ1n) is 10.2. The van der Waals surface area contributed by atoms with Gasteiger partial charge in [-0.25, -0.2) is 0 Å². The van der Waals surface area contributed by atoms with E-state index in [0.717, 1.165) is 47.8 Å². The molecule has 6 rings (SSSR count). The van der Waals surface area contributed by atoms with Crippen LogP contribution in [-0.4, -0.2) is 45.9 Å². The summed E-state index contributed by atoms with van der Waals surface area (Å²) in [6.45, 7) is 2.26. The predicted molar refractivity (Wildman–Crippen MR) is 115 cm³/mol. The van der Waals surface area contributed by atoms with Crippen LogP contribution in [0.3, 0.4) is 0 Å². The maximum Gasteiger partial charge on any atom is 0.261 e. The zero-order valence-corrected chi connectivity index (χ0v) is 17.0. The molecule has 6 heterocycles. The van der Waals surface area contributed by atoms with Gasteiger partial charge in [0.1, 0.15) is 0 Å². The number of thiophene rings is 1. The fraction of sp³-hybridized carbons (Fsp3) is 0.348. The molecule has 3 aliphatic heterocycles. The molecule has 3 aromatic rings. The van der Waals surface area contributed by atoms with Gasteiger partial charge in [-0.15, -0.1) is 11.3 Å². The average Bonchev–Trinajstić information content (AvgIpc) is 3.28. The molecular formula is C23H24N4OS. The van der Waals surface area contributed by atoms with E-state index in [0.29, 0.717) is 12.0 Å². The van der Waals surface area contributed by atoms with Crippen LogP contribution in [0.5, 0.6) is 0 Å². The Labute approximate surface area is 174 Å². The van der Waals surface area contributed by atoms with Crippen molar-refractivity contribution in [3.05, 3.63) is 71.5 Å². The summed E-state index contributed by atoms with van der Waals surface area (Å²) in [5, 5.41) is 3.39. The van der Waals surface area contributed by atoms with E-state index in [1.807, 2.05) is 48.8 Å². The number of hydrogen-bond donors (Lipinski definition) is 1. The van der Waals surface area contributed by atoms with Crippen LogP contribution in [0, 0.1) is 5.92 Å². The highest BCUT2D eigenvalue weighted by Crippen LogP contribution is 2.34. The highest BCUT2D eigenvalue weighted by Gasteiger charge is 2.42. The Kier molecular flexibility index (Phi) is 5.12. The number of pyridine rings is 2. The van der Waals surface area contributed by atoms with Gasteiger partial charge in [-0.3, -0.25) is 19.7 Å². The van der Waals surface area contributed by atoms with Gasteiger partial charge in [0.05, 0.1) is 15.4 Å². The first kappa shape index (κ1) is 18.5. The number of hydrogen-bond acceptors (Lipinski definition) is 5. The van der Waals surface area contributed by atoms with Gasteiger partial charge in [0, 0.05) is 30.7 Å². The molecule has 0 unspecified atom stereocenters. The zero-order chi connectivity index (χ0) is 19.6. The Bertz CT molecular complexity index is 967. The number of nitrogens with zero attached hydrogens (tertiary/aromatic N) is 3. The van der Waals surface area contributed by atoms with Crippen molar-refractivity contribution in [2.24, 2.45) is 5.92 Å². The maximum absolute atomic E-state index is 13.1. The third-order valence-corrected chi connectivity index (χ3v) is 7.28. The number of nitrogens with one attached hydrogen (secondary N) is 1. The average molecular weight is 405 g/mol. The smallest absolute Gasteiger partial charge is 0.261 e. The lowest BCUT2D eigenvalue weighted by Gasteiger charge is -2.51. The maximum atomic E-state index is 13.1. The Balaban J connectivity index is 1.34. The predicted octanol–water partition coefficient (Wildman–Crippen LogP) is 3.64. The van der Waals surface area contributed by atoms with Crippen molar-refractivity contribution < 1.29 is 4.79 Å². The summed E-state index contributed by atoms with van der Waals surface area (Å²) < 4.78 is 0. The Morgan fingerprint density at radius 2 is 2.00 bits per heavy atom. The van der Waals surface area contributed by atoms with Crippen LogP contribution in [0.25, 0.3) is 10.6 Å². The van der Waals surface area contributed by atoms with Crippen LogP contribution in [0.1, 0.15) is 28.1 Å². The van der Waals surface area contributed by atoms with Gasteiger partial charge >= 0.3 is 0 Å². The molecule has 3 aromatic heterocycles. The molecule has 0 saturated carbocycles. The van der Waals surface area contributed by atoms with Gasteiger partial charge in [0.15, 0.2) is 0 Å². The molecule has 6 heteroatoms. The summed E-state index contributed by atoms with van der Waals surface area (Å²) in [5.41, 5.74) is 2.15. The fourth-order valence-electron chi connectivity index (χ4n) is 4.71. The second-order valence-electron chi connectivity index (χ2n) is 7.88. The first-order chi connectivity index (χ1) is 14.3. The first-order valence-corrected chi connectivity index (χ1v) is 11.0. The molecular weight excluding hydrogens is 380 g/mol. The summed E-state index contributed by atoms with van der Waals surface area (Å²) in [6, 6.07) is 14.4. The van der Waals surface area contributed by atoms with Gasteiger partial charge in [0.2, 0.25) is 0 Å². The number of rotatable bonds is 5. The topological polar surface area (TPSA) is 58.1 Å². The van der Waals surface area contributed by atoms with Crippen molar-refractivity contribution >= 4 is 17.2 Å². The van der Waals surface area contributed by atoms with Crippen LogP contribution in [0.2, 0.25) is 0 Å². The Morgan fingerprint density at radius 1 is 1.10 bits per heavy atom. The summed E-state index contributed by atoms with van der Waals surface area (Å²) in [4.78, 5) is 26.1. The number of carbonyl (C=O) groups is 1. The van der Waals surface area contributed by atoms with E-state index in [1.54, 1.807) is 6.20 Å². The molecule has 1 amide bonds. The molecule has 2 bridgehead atoms. The van der Waals surface area contributed by atoms with Gasteiger partial charge in [-0.05, 0) is 74.2 Å². The van der Waals surface area contributed by atoms with Crippen molar-refractivity contribution in [2.75, 3.05) is 13.1 Å². The molecule has 148 valence electrons. The number of carbonyl (C=O) groups excluding carboxylic acids is 1. The molecule has 29 heavy (non-hydrogen) atoms. The molecule has 0 radical (unpaired) electrons. The lowest BCUT2D eigenvalue weighted by atomic mass is 9.77. The van der Waals surface area contributed by atoms with Crippen LogP contribution in [0.15, 0.2) is 61.1 Å². The minimum Gasteiger partial charge on any atom is -0.347 e. The van der Waals surface area contributed by atoms with Gasteiger partial charge in [-0.1, -0.05) is 12.1 Å². The largest absolute Gasteiger partial charge is 0.347 e. The molecule has 3 saturated heterocycles. The summed E-state index contributed by atoms with van der Waals surface area (Å²) in [6.07, 6.45) is 8.80. The van der Waals surface area contributed by atoms with E-state index >= 15 is 0 Å². The van der Waals surface area contributed by atoms with E-state index in [4.69, 9.17) is 0 Å². The molecule has 1 N–H and O–H groups in total. The van der Waals surface area contributed by atoms with Crippen molar-refractivity contribution in [1.29, 1.82) is 0 Å². The quantitative estimate of drug-likeness (QED) is 0.705. The molecule has 5 nitrogen and oxygen atoms in total. The van der Waals surface area contributed by atoms with Crippen molar-refractivity contribution in [3.63, 3.8) is 0 Å². The summed E-state index contributed by atoms with van der Waals surface area (Å²) >= 11 is 1.51. The monoisotopic (exact) mass is 404 g/mol. The summed E-state index contributed by atoms with van der Waals surface area (Å²) in [7, 11) is 0. The molecule has 0 aliphatic carbocycles. The molecule has 3 fully saturated rings. The Morgan fingerprint density at radius 3 is 2.76 bits per heavy atom. The van der Waals surface area contributed by atoms with Crippen LogP contribution in [-0.2, 0) is 6.42 Å². The van der Waals surface area contributed by atoms with Gasteiger partial charge < -0.3 is 5.32 Å². The number of aromatic nitrogens is 2. The van der Waals surface area contributed by atoms with Crippen LogP contribution >= 0.6 is 11.3 Å². The third-order valence-electron chi connectivity index (χ3n) is 6.18. The Hall–Kier alpha value is -2.57. The van der Waals surface area contributed by atoms with E-state index < -0.39 is 0 Å².